The largest absolute Gasteiger partial charge is 0.398 e. The van der Waals surface area contributed by atoms with Crippen LogP contribution in [-0.4, -0.2) is 18.5 Å². The van der Waals surface area contributed by atoms with Gasteiger partial charge in [-0.15, -0.1) is 0 Å². The van der Waals surface area contributed by atoms with E-state index in [1.54, 1.807) is 0 Å². The van der Waals surface area contributed by atoms with Crippen LogP contribution in [-0.2, 0) is 6.54 Å². The van der Waals surface area contributed by atoms with E-state index in [4.69, 9.17) is 17.3 Å². The summed E-state index contributed by atoms with van der Waals surface area (Å²) in [6, 6.07) is 5.68. The molecule has 0 radical (unpaired) electrons. The molecule has 2 nitrogen and oxygen atoms in total. The van der Waals surface area contributed by atoms with Crippen LogP contribution < -0.4 is 5.73 Å². The van der Waals surface area contributed by atoms with Crippen molar-refractivity contribution in [2.75, 3.05) is 19.3 Å². The highest BCUT2D eigenvalue weighted by atomic mass is 35.5. The van der Waals surface area contributed by atoms with E-state index in [-0.39, 0.29) is 0 Å². The van der Waals surface area contributed by atoms with E-state index in [1.807, 2.05) is 18.2 Å². The lowest BCUT2D eigenvalue weighted by Gasteiger charge is -2.21. The average molecular weight is 241 g/mol. The minimum absolute atomic E-state index is 0.703. The zero-order chi connectivity index (χ0) is 12.1. The molecule has 0 amide bonds. The first-order valence-corrected chi connectivity index (χ1v) is 6.13. The Hall–Kier alpha value is -0.730. The van der Waals surface area contributed by atoms with Gasteiger partial charge in [-0.3, -0.25) is 0 Å². The lowest BCUT2D eigenvalue weighted by Crippen LogP contribution is -2.24. The molecule has 16 heavy (non-hydrogen) atoms. The number of halogens is 1. The van der Waals surface area contributed by atoms with Crippen LogP contribution in [0.15, 0.2) is 18.2 Å². The quantitative estimate of drug-likeness (QED) is 0.800. The van der Waals surface area contributed by atoms with Crippen molar-refractivity contribution >= 4 is 17.3 Å². The summed E-state index contributed by atoms with van der Waals surface area (Å²) in [5.74, 6) is 0.703. The Morgan fingerprint density at radius 1 is 1.44 bits per heavy atom. The number of nitrogens with zero attached hydrogens (tertiary/aromatic N) is 1. The van der Waals surface area contributed by atoms with Gasteiger partial charge in [-0.2, -0.15) is 0 Å². The van der Waals surface area contributed by atoms with E-state index in [2.05, 4.69) is 25.8 Å². The Bertz CT molecular complexity index is 318. The number of anilines is 1. The molecule has 0 bridgehead atoms. The van der Waals surface area contributed by atoms with Gasteiger partial charge in [0.1, 0.15) is 0 Å². The molecule has 0 saturated heterocycles. The van der Waals surface area contributed by atoms with Gasteiger partial charge in [0.2, 0.25) is 0 Å². The third-order valence-corrected chi connectivity index (χ3v) is 3.26. The normalized spacial score (nSPS) is 13.1. The number of nitrogens with two attached hydrogens (primary N) is 1. The van der Waals surface area contributed by atoms with Gasteiger partial charge in [0.15, 0.2) is 0 Å². The van der Waals surface area contributed by atoms with Gasteiger partial charge >= 0.3 is 0 Å². The molecule has 1 rings (SSSR count). The molecular weight excluding hydrogens is 220 g/mol. The summed E-state index contributed by atoms with van der Waals surface area (Å²) >= 11 is 6.14. The maximum Gasteiger partial charge on any atom is 0.0471 e. The van der Waals surface area contributed by atoms with E-state index in [9.17, 15) is 0 Å². The number of rotatable bonds is 5. The minimum atomic E-state index is 0.703. The van der Waals surface area contributed by atoms with Crippen LogP contribution in [0.25, 0.3) is 0 Å². The van der Waals surface area contributed by atoms with Crippen molar-refractivity contribution in [1.82, 2.24) is 4.90 Å². The molecule has 0 fully saturated rings. The fourth-order valence-electron chi connectivity index (χ4n) is 1.74. The third kappa shape index (κ3) is 3.69. The first-order valence-electron chi connectivity index (χ1n) is 5.76. The Labute approximate surface area is 103 Å². The predicted octanol–water partition coefficient (Wildman–Crippen LogP) is 3.40. The average Bonchev–Trinajstić information content (AvgIpc) is 2.23. The number of benzene rings is 1. The molecule has 0 aliphatic carbocycles. The van der Waals surface area contributed by atoms with E-state index in [0.29, 0.717) is 5.92 Å². The molecule has 1 aromatic rings. The van der Waals surface area contributed by atoms with E-state index in [0.717, 1.165) is 29.4 Å². The van der Waals surface area contributed by atoms with Gasteiger partial charge in [0.25, 0.3) is 0 Å². The summed E-state index contributed by atoms with van der Waals surface area (Å²) in [6.45, 7) is 6.35. The highest BCUT2D eigenvalue weighted by molar-refractivity contribution is 6.31. The van der Waals surface area contributed by atoms with E-state index < -0.39 is 0 Å². The van der Waals surface area contributed by atoms with Gasteiger partial charge in [-0.25, -0.2) is 0 Å². The van der Waals surface area contributed by atoms with Crippen molar-refractivity contribution in [2.24, 2.45) is 5.92 Å². The second-order valence-electron chi connectivity index (χ2n) is 4.52. The highest BCUT2D eigenvalue weighted by Crippen LogP contribution is 2.23. The van der Waals surface area contributed by atoms with Crippen molar-refractivity contribution in [1.29, 1.82) is 0 Å². The first-order chi connectivity index (χ1) is 7.54. The summed E-state index contributed by atoms with van der Waals surface area (Å²) in [4.78, 5) is 2.27. The number of hydrogen-bond acceptors (Lipinski definition) is 2. The molecule has 0 aliphatic rings. The smallest absolute Gasteiger partial charge is 0.0471 e. The van der Waals surface area contributed by atoms with Gasteiger partial charge < -0.3 is 10.6 Å². The number of nitrogen functional groups attached to an aromatic ring is 1. The summed E-state index contributed by atoms with van der Waals surface area (Å²) in [6.07, 6.45) is 1.20. The molecule has 3 heteroatoms. The topological polar surface area (TPSA) is 29.3 Å². The van der Waals surface area contributed by atoms with Crippen LogP contribution in [0.3, 0.4) is 0 Å². The monoisotopic (exact) mass is 240 g/mol. The van der Waals surface area contributed by atoms with Gasteiger partial charge in [-0.1, -0.05) is 37.9 Å². The molecule has 0 saturated carbocycles. The molecule has 90 valence electrons. The maximum absolute atomic E-state index is 6.14. The van der Waals surface area contributed by atoms with E-state index >= 15 is 0 Å². The molecule has 1 aromatic carbocycles. The first kappa shape index (κ1) is 13.3. The molecule has 0 aromatic heterocycles. The van der Waals surface area contributed by atoms with Crippen LogP contribution >= 0.6 is 11.6 Å². The Balaban J connectivity index is 2.66. The maximum atomic E-state index is 6.14. The van der Waals surface area contributed by atoms with Gasteiger partial charge in [-0.05, 0) is 25.1 Å². The summed E-state index contributed by atoms with van der Waals surface area (Å²) < 4.78 is 0. The van der Waals surface area contributed by atoms with Crippen molar-refractivity contribution in [2.45, 2.75) is 26.8 Å². The van der Waals surface area contributed by atoms with Crippen LogP contribution in [0.2, 0.25) is 5.02 Å². The second-order valence-corrected chi connectivity index (χ2v) is 4.92. The Kier molecular flexibility index (Phi) is 5.10. The Morgan fingerprint density at radius 2 is 2.12 bits per heavy atom. The zero-order valence-electron chi connectivity index (χ0n) is 10.3. The van der Waals surface area contributed by atoms with Crippen LogP contribution in [0.4, 0.5) is 5.69 Å². The summed E-state index contributed by atoms with van der Waals surface area (Å²) in [7, 11) is 2.11. The molecule has 2 N–H and O–H groups in total. The third-order valence-electron chi connectivity index (χ3n) is 2.90. The minimum Gasteiger partial charge on any atom is -0.398 e. The molecule has 0 heterocycles. The predicted molar refractivity (Wildman–Crippen MR) is 71.7 cm³/mol. The number of hydrogen-bond donors (Lipinski definition) is 1. The standard InChI is InChI=1S/C13H21ClN2/c1-4-10(2)8-16(3)9-11-12(14)6-5-7-13(11)15/h5-7,10H,4,8-9,15H2,1-3H3. The Morgan fingerprint density at radius 3 is 2.69 bits per heavy atom. The van der Waals surface area contributed by atoms with E-state index in [1.165, 1.54) is 6.42 Å². The highest BCUT2D eigenvalue weighted by Gasteiger charge is 2.09. The van der Waals surface area contributed by atoms with Gasteiger partial charge in [0.05, 0.1) is 0 Å². The van der Waals surface area contributed by atoms with Crippen LogP contribution in [0.1, 0.15) is 25.8 Å². The lowest BCUT2D eigenvalue weighted by molar-refractivity contribution is 0.275. The van der Waals surface area contributed by atoms with Gasteiger partial charge in [0, 0.05) is 29.4 Å². The summed E-state index contributed by atoms with van der Waals surface area (Å²) in [5, 5.41) is 0.760. The van der Waals surface area contributed by atoms with Crippen LogP contribution in [0, 0.1) is 5.92 Å². The lowest BCUT2D eigenvalue weighted by atomic mass is 10.1. The van der Waals surface area contributed by atoms with Crippen molar-refractivity contribution < 1.29 is 0 Å². The second kappa shape index (κ2) is 6.12. The summed E-state index contributed by atoms with van der Waals surface area (Å²) in [5.41, 5.74) is 7.74. The molecule has 1 atom stereocenters. The van der Waals surface area contributed by atoms with Crippen molar-refractivity contribution in [3.05, 3.63) is 28.8 Å². The molecular formula is C13H21ClN2. The SMILES string of the molecule is CCC(C)CN(C)Cc1c(N)cccc1Cl. The molecule has 1 unspecified atom stereocenters. The molecule has 0 aliphatic heterocycles. The van der Waals surface area contributed by atoms with Crippen molar-refractivity contribution in [3.63, 3.8) is 0 Å². The fraction of sp³-hybridized carbons (Fsp3) is 0.538. The molecule has 0 spiro atoms. The zero-order valence-corrected chi connectivity index (χ0v) is 11.1. The van der Waals surface area contributed by atoms with Crippen molar-refractivity contribution in [3.8, 4) is 0 Å². The fourth-order valence-corrected chi connectivity index (χ4v) is 1.98. The van der Waals surface area contributed by atoms with Crippen LogP contribution in [0.5, 0.6) is 0 Å².